The molecule has 8 aromatic carbocycles. The normalized spacial score (nSPS) is 11.6. The molecule has 0 amide bonds. The Kier molecular flexibility index (Phi) is 7.64. The first-order chi connectivity index (χ1) is 27.7. The first-order valence-corrected chi connectivity index (χ1v) is 19.5. The van der Waals surface area contributed by atoms with Crippen LogP contribution in [0.1, 0.15) is 0 Å². The van der Waals surface area contributed by atoms with Crippen LogP contribution in [0.25, 0.3) is 110 Å². The topological polar surface area (TPSA) is 51.8 Å². The van der Waals surface area contributed by atoms with E-state index in [1.165, 1.54) is 42.4 Å². The fourth-order valence-electron chi connectivity index (χ4n) is 7.81. The molecule has 0 unspecified atom stereocenters. The molecule has 3 aromatic heterocycles. The fourth-order valence-corrected chi connectivity index (χ4v) is 9.04. The van der Waals surface area contributed by atoms with E-state index in [2.05, 4.69) is 152 Å². The quantitative estimate of drug-likeness (QED) is 0.171. The zero-order valence-electron chi connectivity index (χ0n) is 30.1. The van der Waals surface area contributed by atoms with Gasteiger partial charge < -0.3 is 4.42 Å². The van der Waals surface area contributed by atoms with Gasteiger partial charge in [-0.3, -0.25) is 0 Å². The molecule has 0 saturated heterocycles. The van der Waals surface area contributed by atoms with Crippen LogP contribution in [0.2, 0.25) is 0 Å². The van der Waals surface area contributed by atoms with Gasteiger partial charge in [0.15, 0.2) is 17.5 Å². The third-order valence-corrected chi connectivity index (χ3v) is 11.8. The number of furan rings is 1. The Hall–Kier alpha value is -7.21. The Balaban J connectivity index is 0.994. The Morgan fingerprint density at radius 3 is 1.54 bits per heavy atom. The van der Waals surface area contributed by atoms with E-state index in [-0.39, 0.29) is 0 Å². The summed E-state index contributed by atoms with van der Waals surface area (Å²) in [5.41, 5.74) is 11.4. The molecule has 0 spiro atoms. The number of rotatable bonds is 6. The second kappa shape index (κ2) is 13.3. The molecular formula is C51H31N3OS. The molecule has 5 heteroatoms. The van der Waals surface area contributed by atoms with Crippen molar-refractivity contribution in [3.05, 3.63) is 188 Å². The van der Waals surface area contributed by atoms with Crippen LogP contribution in [0.5, 0.6) is 0 Å². The molecule has 56 heavy (non-hydrogen) atoms. The number of nitrogens with zero attached hydrogens (tertiary/aromatic N) is 3. The van der Waals surface area contributed by atoms with Crippen LogP contribution < -0.4 is 0 Å². The standard InChI is InChI=1S/C51H31N3OS/c1-3-12-32(13-4-1)33-22-24-35(25-23-33)50-52-49(34-14-5-2-6-15-34)53-51(54-50)37-27-29-41-40-28-26-36(30-45(40)55-46(41)31-37)38-16-7-8-17-39(38)43-19-11-20-44-42-18-9-10-21-47(42)56-48(43)44/h1-31H. The SMILES string of the molecule is c1ccc(-c2ccc(-c3nc(-c4ccccc4)nc(-c4ccc5c(c4)oc4cc(-c6ccccc6-c6cccc7c6sc6ccccc67)ccc45)n3)cc2)cc1. The third kappa shape index (κ3) is 5.56. The number of hydrogen-bond donors (Lipinski definition) is 0. The molecule has 11 rings (SSSR count). The molecule has 4 nitrogen and oxygen atoms in total. The minimum absolute atomic E-state index is 0.591. The molecule has 0 bridgehead atoms. The monoisotopic (exact) mass is 733 g/mol. The zero-order valence-corrected chi connectivity index (χ0v) is 30.9. The van der Waals surface area contributed by atoms with Crippen LogP contribution in [-0.4, -0.2) is 15.0 Å². The van der Waals surface area contributed by atoms with Gasteiger partial charge in [-0.05, 0) is 58.1 Å². The predicted molar refractivity (Wildman–Crippen MR) is 233 cm³/mol. The van der Waals surface area contributed by atoms with E-state index >= 15 is 0 Å². The minimum atomic E-state index is 0.591. The predicted octanol–water partition coefficient (Wildman–Crippen LogP) is 14.1. The van der Waals surface area contributed by atoms with Crippen molar-refractivity contribution in [2.75, 3.05) is 0 Å². The molecule has 0 saturated carbocycles. The molecule has 0 N–H and O–H groups in total. The van der Waals surface area contributed by atoms with E-state index in [1.807, 2.05) is 47.7 Å². The van der Waals surface area contributed by atoms with Gasteiger partial charge in [0.2, 0.25) is 0 Å². The summed E-state index contributed by atoms with van der Waals surface area (Å²) in [6, 6.07) is 65.7. The molecule has 3 heterocycles. The van der Waals surface area contributed by atoms with E-state index < -0.39 is 0 Å². The molecule has 0 aliphatic carbocycles. The largest absolute Gasteiger partial charge is 0.456 e. The minimum Gasteiger partial charge on any atom is -0.456 e. The van der Waals surface area contributed by atoms with Crippen LogP contribution in [0.15, 0.2) is 192 Å². The Labute approximate surface area is 327 Å². The molecule has 0 fully saturated rings. The van der Waals surface area contributed by atoms with Gasteiger partial charge in [0.25, 0.3) is 0 Å². The van der Waals surface area contributed by atoms with Crippen molar-refractivity contribution in [1.82, 2.24) is 15.0 Å². The summed E-state index contributed by atoms with van der Waals surface area (Å²) in [6.45, 7) is 0. The summed E-state index contributed by atoms with van der Waals surface area (Å²) >= 11 is 1.86. The smallest absolute Gasteiger partial charge is 0.164 e. The first-order valence-electron chi connectivity index (χ1n) is 18.7. The fraction of sp³-hybridized carbons (Fsp3) is 0. The Bertz CT molecular complexity index is 3240. The van der Waals surface area contributed by atoms with Gasteiger partial charge in [-0.2, -0.15) is 0 Å². The average Bonchev–Trinajstić information content (AvgIpc) is 3.85. The highest BCUT2D eigenvalue weighted by atomic mass is 32.1. The number of thiophene rings is 1. The molecule has 0 atom stereocenters. The summed E-state index contributed by atoms with van der Waals surface area (Å²) in [4.78, 5) is 15.0. The average molecular weight is 734 g/mol. The molecule has 0 radical (unpaired) electrons. The van der Waals surface area contributed by atoms with Crippen LogP contribution in [0.3, 0.4) is 0 Å². The van der Waals surface area contributed by atoms with Crippen molar-refractivity contribution in [2.24, 2.45) is 0 Å². The van der Waals surface area contributed by atoms with Gasteiger partial charge in [-0.25, -0.2) is 15.0 Å². The first kappa shape index (κ1) is 32.2. The second-order valence-electron chi connectivity index (χ2n) is 14.0. The summed E-state index contributed by atoms with van der Waals surface area (Å²) in [5, 5.41) is 4.72. The summed E-state index contributed by atoms with van der Waals surface area (Å²) in [7, 11) is 0. The number of hydrogen-bond acceptors (Lipinski definition) is 5. The van der Waals surface area contributed by atoms with E-state index in [1.54, 1.807) is 0 Å². The number of aromatic nitrogens is 3. The summed E-state index contributed by atoms with van der Waals surface area (Å²) < 4.78 is 9.26. The lowest BCUT2D eigenvalue weighted by Crippen LogP contribution is -2.00. The van der Waals surface area contributed by atoms with Crippen molar-refractivity contribution < 1.29 is 4.42 Å². The number of benzene rings is 8. The Morgan fingerprint density at radius 2 is 0.804 bits per heavy atom. The number of fused-ring (bicyclic) bond motifs is 6. The lowest BCUT2D eigenvalue weighted by molar-refractivity contribution is 0.669. The highest BCUT2D eigenvalue weighted by Gasteiger charge is 2.17. The van der Waals surface area contributed by atoms with Crippen LogP contribution >= 0.6 is 11.3 Å². The van der Waals surface area contributed by atoms with Gasteiger partial charge in [-0.1, -0.05) is 158 Å². The van der Waals surface area contributed by atoms with Crippen molar-refractivity contribution in [3.63, 3.8) is 0 Å². The van der Waals surface area contributed by atoms with E-state index in [0.717, 1.165) is 49.8 Å². The molecule has 0 aliphatic rings. The maximum Gasteiger partial charge on any atom is 0.164 e. The van der Waals surface area contributed by atoms with Gasteiger partial charge in [0, 0.05) is 53.2 Å². The van der Waals surface area contributed by atoms with Gasteiger partial charge in [-0.15, -0.1) is 11.3 Å². The lowest BCUT2D eigenvalue weighted by Gasteiger charge is -2.11. The maximum absolute atomic E-state index is 6.65. The van der Waals surface area contributed by atoms with E-state index in [0.29, 0.717) is 17.5 Å². The summed E-state index contributed by atoms with van der Waals surface area (Å²) in [5.74, 6) is 1.83. The zero-order chi connectivity index (χ0) is 37.0. The highest BCUT2D eigenvalue weighted by Crippen LogP contribution is 2.43. The van der Waals surface area contributed by atoms with Crippen LogP contribution in [0, 0.1) is 0 Å². The maximum atomic E-state index is 6.65. The van der Waals surface area contributed by atoms with E-state index in [9.17, 15) is 0 Å². The van der Waals surface area contributed by atoms with Crippen LogP contribution in [0.4, 0.5) is 0 Å². The third-order valence-electron chi connectivity index (χ3n) is 10.6. The molecule has 11 aromatic rings. The van der Waals surface area contributed by atoms with Crippen molar-refractivity contribution in [2.45, 2.75) is 0 Å². The summed E-state index contributed by atoms with van der Waals surface area (Å²) in [6.07, 6.45) is 0. The van der Waals surface area contributed by atoms with Gasteiger partial charge in [0.1, 0.15) is 11.2 Å². The Morgan fingerprint density at radius 1 is 0.321 bits per heavy atom. The molecule has 0 aliphatic heterocycles. The van der Waals surface area contributed by atoms with Crippen molar-refractivity contribution in [3.8, 4) is 67.5 Å². The van der Waals surface area contributed by atoms with Gasteiger partial charge >= 0.3 is 0 Å². The van der Waals surface area contributed by atoms with Gasteiger partial charge in [0.05, 0.1) is 0 Å². The van der Waals surface area contributed by atoms with E-state index in [4.69, 9.17) is 19.4 Å². The van der Waals surface area contributed by atoms with Crippen molar-refractivity contribution >= 4 is 53.4 Å². The second-order valence-corrected chi connectivity index (χ2v) is 15.0. The molecular weight excluding hydrogens is 703 g/mol. The van der Waals surface area contributed by atoms with Crippen molar-refractivity contribution in [1.29, 1.82) is 0 Å². The lowest BCUT2D eigenvalue weighted by atomic mass is 9.93. The van der Waals surface area contributed by atoms with Crippen LogP contribution in [-0.2, 0) is 0 Å². The molecule has 262 valence electrons. The highest BCUT2D eigenvalue weighted by molar-refractivity contribution is 7.26.